The van der Waals surface area contributed by atoms with Crippen molar-refractivity contribution >= 4 is 22.8 Å². The van der Waals surface area contributed by atoms with Gasteiger partial charge in [-0.05, 0) is 68.9 Å². The van der Waals surface area contributed by atoms with Crippen molar-refractivity contribution in [3.8, 4) is 0 Å². The molecule has 2 N–H and O–H groups in total. The van der Waals surface area contributed by atoms with Crippen LogP contribution in [0.25, 0.3) is 10.9 Å². The molecule has 2 saturated heterocycles. The molecule has 1 amide bonds. The van der Waals surface area contributed by atoms with E-state index in [0.717, 1.165) is 37.5 Å². The van der Waals surface area contributed by atoms with E-state index in [-0.39, 0.29) is 18.1 Å². The van der Waals surface area contributed by atoms with Crippen molar-refractivity contribution in [2.45, 2.75) is 101 Å². The lowest BCUT2D eigenvalue weighted by Crippen LogP contribution is -2.59. The van der Waals surface area contributed by atoms with E-state index >= 15 is 0 Å². The predicted octanol–water partition coefficient (Wildman–Crippen LogP) is 2.89. The van der Waals surface area contributed by atoms with Gasteiger partial charge >= 0.3 is 11.7 Å². The summed E-state index contributed by atoms with van der Waals surface area (Å²) in [6.07, 6.45) is 13.1. The van der Waals surface area contributed by atoms with Crippen molar-refractivity contribution in [3.05, 3.63) is 45.1 Å². The molecule has 0 radical (unpaired) electrons. The molecule has 3 heterocycles. The van der Waals surface area contributed by atoms with Crippen LogP contribution >= 0.6 is 0 Å². The molecule has 4 fully saturated rings. The molecule has 4 bridgehead atoms. The van der Waals surface area contributed by atoms with Crippen LogP contribution in [0.5, 0.6) is 0 Å². The van der Waals surface area contributed by atoms with Crippen LogP contribution in [0.2, 0.25) is 0 Å². The second-order valence-electron chi connectivity index (χ2n) is 12.1. The number of piperidine rings is 2. The number of nitrogens with one attached hydrogen (secondary N) is 1. The Bertz CT molecular complexity index is 1320. The maximum absolute atomic E-state index is 13.8. The van der Waals surface area contributed by atoms with E-state index in [4.69, 9.17) is 5.11 Å². The lowest BCUT2D eigenvalue weighted by molar-refractivity contribution is -0.138. The summed E-state index contributed by atoms with van der Waals surface area (Å²) in [6.45, 7) is -0.848. The van der Waals surface area contributed by atoms with Crippen molar-refractivity contribution in [2.24, 2.45) is 11.8 Å². The Morgan fingerprint density at radius 1 is 0.842 bits per heavy atom. The molecule has 1 aromatic heterocycles. The molecule has 2 aliphatic heterocycles. The standard InChI is InChI=1S/C29H38N4O5/c34-26(30-16-27(35)36)17-31-25-10-2-1-9-24(25)28(37)33(29(31)38)23-14-20-7-4-8-21(15-23)32(20)22-12-18-5-3-6-19(11-18)13-22/h1-2,9-10,18-23H,3-8,11-17H2,(H,30,34)(H,35,36)/t18-,19?,20-,21+,22?,23?/m1/s1. The molecule has 4 aliphatic rings. The van der Waals surface area contributed by atoms with Crippen LogP contribution in [0.1, 0.15) is 76.7 Å². The van der Waals surface area contributed by atoms with E-state index in [9.17, 15) is 19.2 Å². The number of hydrogen-bond acceptors (Lipinski definition) is 5. The van der Waals surface area contributed by atoms with Gasteiger partial charge in [0.2, 0.25) is 5.91 Å². The highest BCUT2D eigenvalue weighted by molar-refractivity contribution is 5.83. The van der Waals surface area contributed by atoms with Gasteiger partial charge in [-0.3, -0.25) is 28.4 Å². The number of amides is 1. The van der Waals surface area contributed by atoms with Crippen molar-refractivity contribution in [3.63, 3.8) is 0 Å². The molecule has 1 aromatic carbocycles. The third-order valence-corrected chi connectivity index (χ3v) is 9.71. The van der Waals surface area contributed by atoms with Crippen LogP contribution < -0.4 is 16.6 Å². The number of carbonyl (C=O) groups is 2. The maximum atomic E-state index is 13.8. The minimum absolute atomic E-state index is 0.206. The summed E-state index contributed by atoms with van der Waals surface area (Å²) >= 11 is 0. The average molecular weight is 523 g/mol. The van der Waals surface area contributed by atoms with Gasteiger partial charge in [-0.2, -0.15) is 0 Å². The molecule has 3 unspecified atom stereocenters. The Morgan fingerprint density at radius 2 is 1.50 bits per heavy atom. The zero-order chi connectivity index (χ0) is 26.4. The number of rotatable bonds is 6. The number of carbonyl (C=O) groups excluding carboxylic acids is 1. The van der Waals surface area contributed by atoms with Crippen LogP contribution in [0.3, 0.4) is 0 Å². The summed E-state index contributed by atoms with van der Waals surface area (Å²) in [5, 5.41) is 11.7. The summed E-state index contributed by atoms with van der Waals surface area (Å²) in [6, 6.07) is 8.05. The van der Waals surface area contributed by atoms with Gasteiger partial charge < -0.3 is 10.4 Å². The van der Waals surface area contributed by atoms with Gasteiger partial charge in [-0.25, -0.2) is 4.79 Å². The van der Waals surface area contributed by atoms with Crippen molar-refractivity contribution in [1.82, 2.24) is 19.4 Å². The van der Waals surface area contributed by atoms with E-state index in [0.29, 0.717) is 29.0 Å². The molecule has 2 aliphatic carbocycles. The van der Waals surface area contributed by atoms with Crippen LogP contribution in [0, 0.1) is 11.8 Å². The lowest BCUT2D eigenvalue weighted by Gasteiger charge is -2.55. The first-order valence-electron chi connectivity index (χ1n) is 14.4. The number of hydrogen-bond donors (Lipinski definition) is 2. The Labute approximate surface area is 221 Å². The first-order chi connectivity index (χ1) is 18.4. The topological polar surface area (TPSA) is 114 Å². The average Bonchev–Trinajstić information content (AvgIpc) is 2.89. The number of carboxylic acid groups (broad SMARTS) is 1. The molecular weight excluding hydrogens is 484 g/mol. The number of benzene rings is 1. The van der Waals surface area contributed by atoms with E-state index < -0.39 is 24.1 Å². The maximum Gasteiger partial charge on any atom is 0.332 e. The molecule has 6 rings (SSSR count). The predicted molar refractivity (Wildman–Crippen MR) is 143 cm³/mol. The summed E-state index contributed by atoms with van der Waals surface area (Å²) in [5.41, 5.74) is -0.380. The number of para-hydroxylation sites is 1. The zero-order valence-electron chi connectivity index (χ0n) is 21.9. The van der Waals surface area contributed by atoms with Gasteiger partial charge in [0.05, 0.1) is 10.9 Å². The fourth-order valence-corrected chi connectivity index (χ4v) is 8.32. The van der Waals surface area contributed by atoms with Crippen molar-refractivity contribution in [1.29, 1.82) is 0 Å². The second kappa shape index (κ2) is 10.3. The number of nitrogens with zero attached hydrogens (tertiary/aromatic N) is 3. The Morgan fingerprint density at radius 3 is 2.18 bits per heavy atom. The number of aliphatic carboxylic acids is 1. The number of carboxylic acids is 1. The van der Waals surface area contributed by atoms with Gasteiger partial charge in [0.25, 0.3) is 5.56 Å². The number of fused-ring (bicyclic) bond motifs is 5. The third kappa shape index (κ3) is 4.70. The van der Waals surface area contributed by atoms with Crippen LogP contribution in [0.15, 0.2) is 33.9 Å². The van der Waals surface area contributed by atoms with Gasteiger partial charge in [-0.15, -0.1) is 0 Å². The molecule has 38 heavy (non-hydrogen) atoms. The number of aromatic nitrogens is 2. The quantitative estimate of drug-likeness (QED) is 0.603. The summed E-state index contributed by atoms with van der Waals surface area (Å²) in [5.74, 6) is -0.0122. The smallest absolute Gasteiger partial charge is 0.332 e. The summed E-state index contributed by atoms with van der Waals surface area (Å²) < 4.78 is 2.74. The Hall–Kier alpha value is -2.94. The van der Waals surface area contributed by atoms with Crippen LogP contribution in [0.4, 0.5) is 0 Å². The largest absolute Gasteiger partial charge is 0.480 e. The van der Waals surface area contributed by atoms with Crippen molar-refractivity contribution < 1.29 is 14.7 Å². The minimum Gasteiger partial charge on any atom is -0.480 e. The molecule has 0 spiro atoms. The minimum atomic E-state index is -1.15. The van der Waals surface area contributed by atoms with E-state index in [1.165, 1.54) is 54.1 Å². The molecule has 6 atom stereocenters. The van der Waals surface area contributed by atoms with Crippen molar-refractivity contribution in [2.75, 3.05) is 6.54 Å². The lowest BCUT2D eigenvalue weighted by atomic mass is 9.68. The molecular formula is C29H38N4O5. The molecule has 9 heteroatoms. The highest BCUT2D eigenvalue weighted by Crippen LogP contribution is 2.47. The van der Waals surface area contributed by atoms with E-state index in [1.54, 1.807) is 24.3 Å². The van der Waals surface area contributed by atoms with Gasteiger partial charge in [0.15, 0.2) is 0 Å². The van der Waals surface area contributed by atoms with E-state index in [2.05, 4.69) is 10.2 Å². The van der Waals surface area contributed by atoms with E-state index in [1.807, 2.05) is 0 Å². The fraction of sp³-hybridized carbons (Fsp3) is 0.655. The Balaban J connectivity index is 1.32. The molecule has 9 nitrogen and oxygen atoms in total. The fourth-order valence-electron chi connectivity index (χ4n) is 8.32. The first kappa shape index (κ1) is 25.3. The zero-order valence-corrected chi connectivity index (χ0v) is 21.9. The third-order valence-electron chi connectivity index (χ3n) is 9.71. The highest BCUT2D eigenvalue weighted by atomic mass is 16.4. The highest BCUT2D eigenvalue weighted by Gasteiger charge is 2.45. The summed E-state index contributed by atoms with van der Waals surface area (Å²) in [7, 11) is 0. The second-order valence-corrected chi connectivity index (χ2v) is 12.1. The SMILES string of the molecule is O=C(O)CNC(=O)Cn1c(=O)n(C2C[C@H]3CCC[C@@H](C2)N3C2CC3CCC[C@H](C3)C2)c(=O)c2ccccc21. The molecule has 204 valence electrons. The summed E-state index contributed by atoms with van der Waals surface area (Å²) in [4.78, 5) is 53.7. The molecule has 2 saturated carbocycles. The molecule has 2 aromatic rings. The normalized spacial score (nSPS) is 31.2. The monoisotopic (exact) mass is 522 g/mol. The Kier molecular flexibility index (Phi) is 6.88. The van der Waals surface area contributed by atoms with Gasteiger partial charge in [-0.1, -0.05) is 37.8 Å². The first-order valence-corrected chi connectivity index (χ1v) is 14.4. The van der Waals surface area contributed by atoms with Crippen LogP contribution in [-0.2, 0) is 16.1 Å². The van der Waals surface area contributed by atoms with Crippen LogP contribution in [-0.4, -0.2) is 55.7 Å². The van der Waals surface area contributed by atoms with Gasteiger partial charge in [0, 0.05) is 24.2 Å². The van der Waals surface area contributed by atoms with Gasteiger partial charge in [0.1, 0.15) is 13.1 Å².